The van der Waals surface area contributed by atoms with Gasteiger partial charge in [-0.3, -0.25) is 4.79 Å². The molecule has 2 fully saturated rings. The first-order chi connectivity index (χ1) is 18.5. The van der Waals surface area contributed by atoms with Gasteiger partial charge < -0.3 is 19.9 Å². The van der Waals surface area contributed by atoms with Crippen LogP contribution in [-0.4, -0.2) is 31.3 Å². The number of carbonyl (C=O) groups is 1. The van der Waals surface area contributed by atoms with E-state index in [1.54, 1.807) is 41.9 Å². The third-order valence-corrected chi connectivity index (χ3v) is 8.93. The summed E-state index contributed by atoms with van der Waals surface area (Å²) >= 11 is 0. The molecule has 0 saturated heterocycles. The van der Waals surface area contributed by atoms with Crippen molar-refractivity contribution in [3.8, 4) is 0 Å². The van der Waals surface area contributed by atoms with Crippen molar-refractivity contribution < 1.29 is 23.1 Å². The van der Waals surface area contributed by atoms with Crippen molar-refractivity contribution in [1.29, 1.82) is 0 Å². The average Bonchev–Trinajstić information content (AvgIpc) is 3.42. The molecule has 0 unspecified atom stereocenters. The van der Waals surface area contributed by atoms with E-state index in [-0.39, 0.29) is 35.7 Å². The van der Waals surface area contributed by atoms with Gasteiger partial charge in [0.05, 0.1) is 12.1 Å². The second-order valence-electron chi connectivity index (χ2n) is 11.5. The largest absolute Gasteiger partial charge is 0.416 e. The summed E-state index contributed by atoms with van der Waals surface area (Å²) in [5.41, 5.74) is -0.793. The Morgan fingerprint density at radius 3 is 2.51 bits per heavy atom. The minimum atomic E-state index is -4.59. The van der Waals surface area contributed by atoms with Crippen molar-refractivity contribution in [2.24, 2.45) is 13.0 Å². The first kappa shape index (κ1) is 26.0. The van der Waals surface area contributed by atoms with Crippen LogP contribution in [0.4, 0.5) is 18.9 Å². The average molecular weight is 540 g/mol. The molecular weight excluding hydrogens is 507 g/mol. The van der Waals surface area contributed by atoms with Crippen LogP contribution in [0.5, 0.6) is 0 Å². The van der Waals surface area contributed by atoms with Crippen LogP contribution in [0.1, 0.15) is 83.9 Å². The molecule has 3 aliphatic rings. The molecule has 0 spiro atoms. The van der Waals surface area contributed by atoms with Gasteiger partial charge >= 0.3 is 6.18 Å². The number of aliphatic hydroxyl groups is 1. The van der Waals surface area contributed by atoms with Crippen LogP contribution < -0.4 is 10.2 Å². The minimum absolute atomic E-state index is 0.0148. The van der Waals surface area contributed by atoms with E-state index in [1.807, 2.05) is 0 Å². The molecule has 0 radical (unpaired) electrons. The molecule has 2 aliphatic carbocycles. The van der Waals surface area contributed by atoms with Crippen LogP contribution in [0.15, 0.2) is 42.7 Å². The van der Waals surface area contributed by atoms with E-state index in [0.29, 0.717) is 22.6 Å². The number of rotatable bonds is 7. The molecule has 3 aromatic rings. The number of aromatic nitrogens is 3. The van der Waals surface area contributed by atoms with Crippen LogP contribution in [0.25, 0.3) is 0 Å². The van der Waals surface area contributed by atoms with Gasteiger partial charge in [-0.05, 0) is 85.9 Å². The summed E-state index contributed by atoms with van der Waals surface area (Å²) in [6, 6.07) is 9.65. The monoisotopic (exact) mass is 539 g/mol. The zero-order valence-corrected chi connectivity index (χ0v) is 22.1. The maximum Gasteiger partial charge on any atom is 0.416 e. The van der Waals surface area contributed by atoms with Crippen LogP contribution in [-0.2, 0) is 31.9 Å². The number of hydrogen-bond acceptors (Lipinski definition) is 5. The summed E-state index contributed by atoms with van der Waals surface area (Å²) in [6.45, 7) is 2.14. The Morgan fingerprint density at radius 2 is 1.92 bits per heavy atom. The predicted molar refractivity (Wildman–Crippen MR) is 139 cm³/mol. The highest BCUT2D eigenvalue weighted by atomic mass is 19.4. The Bertz CT molecular complexity index is 1430. The van der Waals surface area contributed by atoms with Gasteiger partial charge in [0.1, 0.15) is 6.33 Å². The Hall–Kier alpha value is -3.24. The van der Waals surface area contributed by atoms with Gasteiger partial charge in [-0.25, -0.2) is 0 Å². The lowest BCUT2D eigenvalue weighted by Crippen LogP contribution is -2.47. The van der Waals surface area contributed by atoms with E-state index in [9.17, 15) is 23.1 Å². The summed E-state index contributed by atoms with van der Waals surface area (Å²) in [7, 11) is 1.76. The maximum atomic E-state index is 14.2. The maximum absolute atomic E-state index is 14.2. The third-order valence-electron chi connectivity index (χ3n) is 8.93. The molecule has 7 nitrogen and oxygen atoms in total. The van der Waals surface area contributed by atoms with Crippen molar-refractivity contribution >= 4 is 11.6 Å². The Kier molecular flexibility index (Phi) is 6.11. The zero-order chi connectivity index (χ0) is 27.6. The predicted octanol–water partition coefficient (Wildman–Crippen LogP) is 5.06. The Morgan fingerprint density at radius 1 is 1.15 bits per heavy atom. The molecule has 10 heteroatoms. The number of amides is 1. The highest BCUT2D eigenvalue weighted by Crippen LogP contribution is 2.47. The number of hydrogen-bond donors (Lipinski definition) is 2. The van der Waals surface area contributed by atoms with E-state index in [0.717, 1.165) is 38.5 Å². The van der Waals surface area contributed by atoms with Gasteiger partial charge in [-0.2, -0.15) is 13.2 Å². The molecule has 2 saturated carbocycles. The van der Waals surface area contributed by atoms with Gasteiger partial charge in [0.15, 0.2) is 11.4 Å². The highest BCUT2D eigenvalue weighted by molar-refractivity contribution is 6.10. The first-order valence-corrected chi connectivity index (χ1v) is 13.5. The van der Waals surface area contributed by atoms with E-state index in [2.05, 4.69) is 22.4 Å². The van der Waals surface area contributed by atoms with E-state index in [4.69, 9.17) is 0 Å². The van der Waals surface area contributed by atoms with Crippen LogP contribution in [0, 0.1) is 5.92 Å². The SMILES string of the molecule is Cn1cnnc1[C@@](O)(c1cccc(N2Cc3c(cc(CNC4(C)CCC4)cc3C(F)(F)F)C2=O)c1)C1CCC1. The molecule has 6 rings (SSSR count). The first-order valence-electron chi connectivity index (χ1n) is 13.5. The van der Waals surface area contributed by atoms with Crippen molar-refractivity contribution in [1.82, 2.24) is 20.1 Å². The third kappa shape index (κ3) is 4.34. The number of benzene rings is 2. The highest BCUT2D eigenvalue weighted by Gasteiger charge is 2.47. The number of anilines is 1. The Balaban J connectivity index is 1.35. The molecule has 1 amide bonds. The molecule has 1 aliphatic heterocycles. The number of alkyl halides is 3. The second kappa shape index (κ2) is 9.16. The lowest BCUT2D eigenvalue weighted by Gasteiger charge is -2.41. The minimum Gasteiger partial charge on any atom is -0.377 e. The summed E-state index contributed by atoms with van der Waals surface area (Å²) in [4.78, 5) is 15.0. The van der Waals surface area contributed by atoms with Crippen LogP contribution in [0.2, 0.25) is 0 Å². The summed E-state index contributed by atoms with van der Waals surface area (Å²) in [6.07, 6.45) is 2.61. The summed E-state index contributed by atoms with van der Waals surface area (Å²) in [5.74, 6) is -0.154. The summed E-state index contributed by atoms with van der Waals surface area (Å²) in [5, 5.41) is 23.5. The smallest absolute Gasteiger partial charge is 0.377 e. The fourth-order valence-electron chi connectivity index (χ4n) is 6.14. The van der Waals surface area contributed by atoms with Crippen molar-refractivity contribution in [2.45, 2.75) is 75.9 Å². The molecular formula is C29H32F3N5O2. The molecule has 206 valence electrons. The molecule has 2 heterocycles. The van der Waals surface area contributed by atoms with E-state index < -0.39 is 23.2 Å². The molecule has 1 atom stereocenters. The number of aryl methyl sites for hydroxylation is 1. The van der Waals surface area contributed by atoms with Crippen molar-refractivity contribution in [3.63, 3.8) is 0 Å². The number of nitrogens with one attached hydrogen (secondary N) is 1. The number of halogens is 3. The van der Waals surface area contributed by atoms with Crippen molar-refractivity contribution in [2.75, 3.05) is 4.90 Å². The number of nitrogens with zero attached hydrogens (tertiary/aromatic N) is 4. The fraction of sp³-hybridized carbons (Fsp3) is 0.483. The lowest BCUT2D eigenvalue weighted by atomic mass is 9.69. The van der Waals surface area contributed by atoms with Crippen molar-refractivity contribution in [3.05, 3.63) is 76.4 Å². The molecule has 39 heavy (non-hydrogen) atoms. The fourth-order valence-corrected chi connectivity index (χ4v) is 6.14. The van der Waals surface area contributed by atoms with E-state index >= 15 is 0 Å². The summed E-state index contributed by atoms with van der Waals surface area (Å²) < 4.78 is 44.2. The number of fused-ring (bicyclic) bond motifs is 1. The standard InChI is InChI=1S/C29H32F3N5O2/c1-27(10-5-11-27)33-15-18-12-22-23(24(13-18)29(30,31)32)16-37(25(22)38)21-9-4-8-20(14-21)28(39,19-6-3-7-19)26-35-34-17-36(26)2/h4,8-9,12-14,17,19,33,39H,3,5-7,10-11,15-16H2,1-2H3/t28-/m0/s1. The molecule has 2 N–H and O–H groups in total. The normalized spacial score (nSPS) is 20.4. The molecule has 2 aromatic carbocycles. The Labute approximate surface area is 225 Å². The van der Waals surface area contributed by atoms with Gasteiger partial charge in [0.25, 0.3) is 5.91 Å². The van der Waals surface area contributed by atoms with Gasteiger partial charge in [-0.1, -0.05) is 18.6 Å². The van der Waals surface area contributed by atoms with Gasteiger partial charge in [0, 0.05) is 30.4 Å². The quantitative estimate of drug-likeness (QED) is 0.439. The second-order valence-corrected chi connectivity index (χ2v) is 11.5. The van der Waals surface area contributed by atoms with Gasteiger partial charge in [-0.15, -0.1) is 10.2 Å². The number of carbonyl (C=O) groups excluding carboxylic acids is 1. The van der Waals surface area contributed by atoms with E-state index in [1.165, 1.54) is 17.3 Å². The van der Waals surface area contributed by atoms with Crippen LogP contribution in [0.3, 0.4) is 0 Å². The zero-order valence-electron chi connectivity index (χ0n) is 22.1. The lowest BCUT2D eigenvalue weighted by molar-refractivity contribution is -0.138. The molecule has 0 bridgehead atoms. The topological polar surface area (TPSA) is 83.3 Å². The molecule has 1 aromatic heterocycles. The van der Waals surface area contributed by atoms with Crippen LogP contribution >= 0.6 is 0 Å². The van der Waals surface area contributed by atoms with Gasteiger partial charge in [0.2, 0.25) is 0 Å².